The van der Waals surface area contributed by atoms with Gasteiger partial charge in [-0.25, -0.2) is 8.78 Å². The molecule has 1 unspecified atom stereocenters. The van der Waals surface area contributed by atoms with Crippen LogP contribution in [-0.4, -0.2) is 0 Å². The number of nitrogens with one attached hydrogen (secondary N) is 1. The summed E-state index contributed by atoms with van der Waals surface area (Å²) in [7, 11) is 0. The van der Waals surface area contributed by atoms with Crippen LogP contribution in [0.25, 0.3) is 0 Å². The molecule has 1 atom stereocenters. The second-order valence-corrected chi connectivity index (χ2v) is 6.40. The Morgan fingerprint density at radius 3 is 2.38 bits per heavy atom. The van der Waals surface area contributed by atoms with E-state index in [0.717, 1.165) is 5.56 Å². The molecule has 0 heterocycles. The summed E-state index contributed by atoms with van der Waals surface area (Å²) in [5.74, 6) is -0.910. The van der Waals surface area contributed by atoms with E-state index in [4.69, 9.17) is 23.2 Å². The fourth-order valence-corrected chi connectivity index (χ4v) is 2.99. The molecule has 2 aromatic carbocycles. The predicted molar refractivity (Wildman–Crippen MR) is 87.3 cm³/mol. The van der Waals surface area contributed by atoms with Gasteiger partial charge in [-0.05, 0) is 65.2 Å². The maximum absolute atomic E-state index is 13.6. The summed E-state index contributed by atoms with van der Waals surface area (Å²) >= 11 is 14.9. The highest BCUT2D eigenvalue weighted by Gasteiger charge is 2.15. The van der Waals surface area contributed by atoms with Crippen molar-refractivity contribution in [2.75, 3.05) is 5.32 Å². The van der Waals surface area contributed by atoms with Gasteiger partial charge in [-0.2, -0.15) is 0 Å². The molecule has 0 amide bonds. The fourth-order valence-electron chi connectivity index (χ4n) is 1.98. The normalized spacial score (nSPS) is 12.3. The lowest BCUT2D eigenvalue weighted by molar-refractivity contribution is 0.619. The van der Waals surface area contributed by atoms with Crippen molar-refractivity contribution >= 4 is 44.8 Å². The zero-order valence-corrected chi connectivity index (χ0v) is 14.4. The Hall–Kier alpha value is -0.840. The molecule has 1 nitrogen and oxygen atoms in total. The molecule has 0 saturated heterocycles. The molecule has 112 valence electrons. The van der Waals surface area contributed by atoms with Crippen LogP contribution in [0.15, 0.2) is 28.7 Å². The SMILES string of the molecule is Cc1cc(Br)c(F)cc1NC(C)c1cc(F)c(Cl)cc1Cl. The average Bonchev–Trinajstić information content (AvgIpc) is 2.40. The number of benzene rings is 2. The quantitative estimate of drug-likeness (QED) is 0.584. The third-order valence-electron chi connectivity index (χ3n) is 3.15. The second kappa shape index (κ2) is 6.51. The van der Waals surface area contributed by atoms with Crippen molar-refractivity contribution in [1.29, 1.82) is 0 Å². The average molecular weight is 395 g/mol. The van der Waals surface area contributed by atoms with Crippen LogP contribution in [0, 0.1) is 18.6 Å². The van der Waals surface area contributed by atoms with Crippen molar-refractivity contribution in [2.45, 2.75) is 19.9 Å². The van der Waals surface area contributed by atoms with Crippen LogP contribution in [0.3, 0.4) is 0 Å². The molecule has 2 aromatic rings. The molecule has 1 N–H and O–H groups in total. The monoisotopic (exact) mass is 393 g/mol. The number of aryl methyl sites for hydroxylation is 1. The first-order chi connectivity index (χ1) is 9.79. The number of hydrogen-bond donors (Lipinski definition) is 1. The predicted octanol–water partition coefficient (Wildman–Crippen LogP) is 6.52. The Kier molecular flexibility index (Phi) is 5.12. The highest BCUT2D eigenvalue weighted by atomic mass is 79.9. The van der Waals surface area contributed by atoms with E-state index in [2.05, 4.69) is 21.2 Å². The molecule has 0 aromatic heterocycles. The van der Waals surface area contributed by atoms with E-state index in [9.17, 15) is 8.78 Å². The van der Waals surface area contributed by atoms with Gasteiger partial charge in [0.2, 0.25) is 0 Å². The first-order valence-electron chi connectivity index (χ1n) is 6.16. The Morgan fingerprint density at radius 1 is 1.05 bits per heavy atom. The third-order valence-corrected chi connectivity index (χ3v) is 4.37. The van der Waals surface area contributed by atoms with Crippen LogP contribution in [0.1, 0.15) is 24.1 Å². The van der Waals surface area contributed by atoms with Crippen LogP contribution in [0.4, 0.5) is 14.5 Å². The molecule has 0 saturated carbocycles. The Labute approximate surface area is 140 Å². The minimum atomic E-state index is -0.538. The number of hydrogen-bond acceptors (Lipinski definition) is 1. The van der Waals surface area contributed by atoms with Gasteiger partial charge in [0.1, 0.15) is 11.6 Å². The molecule has 0 fully saturated rings. The molecule has 21 heavy (non-hydrogen) atoms. The largest absolute Gasteiger partial charge is 0.378 e. The summed E-state index contributed by atoms with van der Waals surface area (Å²) in [6.45, 7) is 3.66. The third kappa shape index (κ3) is 3.68. The summed E-state index contributed by atoms with van der Waals surface area (Å²) in [6.07, 6.45) is 0. The van der Waals surface area contributed by atoms with Crippen LogP contribution in [0.5, 0.6) is 0 Å². The number of anilines is 1. The molecule has 0 aliphatic heterocycles. The lowest BCUT2D eigenvalue weighted by Gasteiger charge is -2.19. The molecular formula is C15H12BrCl2F2N. The Balaban J connectivity index is 2.32. The molecule has 6 heteroatoms. The molecule has 2 rings (SSSR count). The van der Waals surface area contributed by atoms with Crippen molar-refractivity contribution in [2.24, 2.45) is 0 Å². The van der Waals surface area contributed by atoms with E-state index in [1.807, 2.05) is 13.8 Å². The van der Waals surface area contributed by atoms with Crippen molar-refractivity contribution in [3.63, 3.8) is 0 Å². The fraction of sp³-hybridized carbons (Fsp3) is 0.200. The maximum Gasteiger partial charge on any atom is 0.142 e. The van der Waals surface area contributed by atoms with Gasteiger partial charge < -0.3 is 5.32 Å². The van der Waals surface area contributed by atoms with E-state index >= 15 is 0 Å². The zero-order valence-electron chi connectivity index (χ0n) is 11.3. The van der Waals surface area contributed by atoms with Gasteiger partial charge in [-0.1, -0.05) is 23.2 Å². The topological polar surface area (TPSA) is 12.0 Å². The van der Waals surface area contributed by atoms with Crippen molar-refractivity contribution < 1.29 is 8.78 Å². The first kappa shape index (κ1) is 16.5. The van der Waals surface area contributed by atoms with E-state index in [-0.39, 0.29) is 16.9 Å². The van der Waals surface area contributed by atoms with Gasteiger partial charge in [0.15, 0.2) is 0 Å². The summed E-state index contributed by atoms with van der Waals surface area (Å²) in [5.41, 5.74) is 2.04. The molecule has 0 bridgehead atoms. The van der Waals surface area contributed by atoms with Crippen molar-refractivity contribution in [3.05, 3.63) is 61.5 Å². The summed E-state index contributed by atoms with van der Waals surface area (Å²) in [6, 6.07) is 5.40. The minimum Gasteiger partial charge on any atom is -0.378 e. The van der Waals surface area contributed by atoms with Gasteiger partial charge in [0.25, 0.3) is 0 Å². The van der Waals surface area contributed by atoms with Gasteiger partial charge in [-0.15, -0.1) is 0 Å². The molecule has 0 aliphatic carbocycles. The molecule has 0 aliphatic rings. The van der Waals surface area contributed by atoms with Crippen LogP contribution < -0.4 is 5.32 Å². The smallest absolute Gasteiger partial charge is 0.142 e. The van der Waals surface area contributed by atoms with Gasteiger partial charge in [-0.3, -0.25) is 0 Å². The lowest BCUT2D eigenvalue weighted by Crippen LogP contribution is -2.09. The second-order valence-electron chi connectivity index (χ2n) is 4.74. The Bertz CT molecular complexity index is 692. The highest BCUT2D eigenvalue weighted by Crippen LogP contribution is 2.32. The van der Waals surface area contributed by atoms with Crippen LogP contribution in [-0.2, 0) is 0 Å². The Morgan fingerprint density at radius 2 is 1.71 bits per heavy atom. The molecule has 0 radical (unpaired) electrons. The van der Waals surface area contributed by atoms with Crippen LogP contribution in [0.2, 0.25) is 10.0 Å². The van der Waals surface area contributed by atoms with E-state index in [1.54, 1.807) is 6.07 Å². The highest BCUT2D eigenvalue weighted by molar-refractivity contribution is 9.10. The van der Waals surface area contributed by atoms with Gasteiger partial charge >= 0.3 is 0 Å². The number of halogens is 5. The summed E-state index contributed by atoms with van der Waals surface area (Å²) in [4.78, 5) is 0. The zero-order chi connectivity index (χ0) is 15.7. The lowest BCUT2D eigenvalue weighted by atomic mass is 10.1. The first-order valence-corrected chi connectivity index (χ1v) is 7.71. The van der Waals surface area contributed by atoms with Crippen molar-refractivity contribution in [1.82, 2.24) is 0 Å². The van der Waals surface area contributed by atoms with Crippen molar-refractivity contribution in [3.8, 4) is 0 Å². The van der Waals surface area contributed by atoms with E-state index in [1.165, 1.54) is 18.2 Å². The summed E-state index contributed by atoms with van der Waals surface area (Å²) < 4.78 is 27.6. The minimum absolute atomic E-state index is 0.0261. The van der Waals surface area contributed by atoms with E-state index < -0.39 is 5.82 Å². The van der Waals surface area contributed by atoms with Crippen LogP contribution >= 0.6 is 39.1 Å². The molecule has 0 spiro atoms. The van der Waals surface area contributed by atoms with Gasteiger partial charge in [0.05, 0.1) is 15.5 Å². The molecular weight excluding hydrogens is 383 g/mol. The number of rotatable bonds is 3. The maximum atomic E-state index is 13.6. The summed E-state index contributed by atoms with van der Waals surface area (Å²) in [5, 5.41) is 3.46. The standard InChI is InChI=1S/C15H12BrCl2F2N/c1-7-3-10(16)13(19)6-15(7)21-8(2)9-4-14(20)12(18)5-11(9)17/h3-6,8,21H,1-2H3. The van der Waals surface area contributed by atoms with Gasteiger partial charge in [0, 0.05) is 10.7 Å². The van der Waals surface area contributed by atoms with E-state index in [0.29, 0.717) is 20.7 Å².